The molecule has 6 aliphatic rings. The highest BCUT2D eigenvalue weighted by Crippen LogP contribution is 2.55. The van der Waals surface area contributed by atoms with E-state index in [0.717, 1.165) is 43.5 Å². The van der Waals surface area contributed by atoms with Crippen LogP contribution in [0.1, 0.15) is 66.9 Å². The summed E-state index contributed by atoms with van der Waals surface area (Å²) in [6, 6.07) is 14.3. The Morgan fingerprint density at radius 1 is 0.920 bits per heavy atom. The number of hydrogen-bond acceptors (Lipinski definition) is 6. The first kappa shape index (κ1) is 32.5. The van der Waals surface area contributed by atoms with Crippen LogP contribution in [0, 0.1) is 29.6 Å². The molecule has 0 aliphatic carbocycles. The normalized spacial score (nSPS) is 32.8. The number of allylic oxidation sites excluding steroid dienone is 1. The minimum atomic E-state index is -0.228. The molecule has 8 nitrogen and oxygen atoms in total. The summed E-state index contributed by atoms with van der Waals surface area (Å²) in [4.78, 5) is 18.9. The zero-order chi connectivity index (χ0) is 34.7. The summed E-state index contributed by atoms with van der Waals surface area (Å²) in [5.41, 5.74) is 10.6. The van der Waals surface area contributed by atoms with Gasteiger partial charge in [-0.2, -0.15) is 0 Å². The molecule has 4 fully saturated rings. The molecular weight excluding hydrogens is 624 g/mol. The zero-order valence-corrected chi connectivity index (χ0v) is 30.4. The number of aliphatic hydroxyl groups is 2. The van der Waals surface area contributed by atoms with Crippen LogP contribution in [-0.2, 0) is 38.2 Å². The van der Waals surface area contributed by atoms with Crippen LogP contribution in [0.3, 0.4) is 0 Å². The van der Waals surface area contributed by atoms with Gasteiger partial charge in [0.25, 0.3) is 0 Å². The number of carbonyl (C=O) groups is 1. The van der Waals surface area contributed by atoms with Crippen molar-refractivity contribution in [3.05, 3.63) is 76.1 Å². The van der Waals surface area contributed by atoms with E-state index in [1.807, 2.05) is 0 Å². The van der Waals surface area contributed by atoms with Gasteiger partial charge in [-0.25, -0.2) is 0 Å². The second-order valence-electron chi connectivity index (χ2n) is 16.2. The van der Waals surface area contributed by atoms with Crippen LogP contribution in [0.4, 0.5) is 0 Å². The van der Waals surface area contributed by atoms with Gasteiger partial charge in [0.05, 0.1) is 19.2 Å². The molecule has 0 saturated carbocycles. The van der Waals surface area contributed by atoms with Crippen molar-refractivity contribution in [3.8, 4) is 5.75 Å². The maximum Gasteiger partial charge on any atom is 0.133 e. The summed E-state index contributed by atoms with van der Waals surface area (Å²) >= 11 is 0. The van der Waals surface area contributed by atoms with Gasteiger partial charge < -0.3 is 24.1 Å². The fourth-order valence-electron chi connectivity index (χ4n) is 12.1. The molecule has 6 bridgehead atoms. The number of hydrogen-bond donors (Lipinski definition) is 2. The number of ketones is 1. The van der Waals surface area contributed by atoms with E-state index in [-0.39, 0.29) is 54.8 Å². The monoisotopic (exact) mass is 676 g/mol. The third kappa shape index (κ3) is 4.34. The molecular formula is C42H52N4O4. The van der Waals surface area contributed by atoms with Gasteiger partial charge in [-0.05, 0) is 99.7 Å². The molecule has 4 aromatic rings. The third-order valence-corrected chi connectivity index (χ3v) is 14.5. The number of piperidine rings is 4. The first-order valence-corrected chi connectivity index (χ1v) is 18.8. The maximum absolute atomic E-state index is 13.8. The predicted octanol–water partition coefficient (Wildman–Crippen LogP) is 5.51. The van der Waals surface area contributed by atoms with E-state index in [1.165, 1.54) is 49.9 Å². The minimum absolute atomic E-state index is 0.000325. The number of aromatic nitrogens is 2. The Balaban J connectivity index is 1.10. The van der Waals surface area contributed by atoms with Crippen molar-refractivity contribution < 1.29 is 19.7 Å². The van der Waals surface area contributed by atoms with Crippen LogP contribution >= 0.6 is 0 Å². The average Bonchev–Trinajstić information content (AvgIpc) is 3.55. The Hall–Kier alpha value is -3.43. The van der Waals surface area contributed by atoms with Crippen molar-refractivity contribution in [2.24, 2.45) is 43.7 Å². The first-order valence-electron chi connectivity index (χ1n) is 18.8. The van der Waals surface area contributed by atoms with Crippen molar-refractivity contribution in [2.75, 3.05) is 33.9 Å². The lowest BCUT2D eigenvalue weighted by Crippen LogP contribution is -2.61. The van der Waals surface area contributed by atoms with Crippen molar-refractivity contribution in [1.82, 2.24) is 18.9 Å². The van der Waals surface area contributed by atoms with Crippen molar-refractivity contribution >= 4 is 27.6 Å². The van der Waals surface area contributed by atoms with Gasteiger partial charge in [0, 0.05) is 96.9 Å². The highest BCUT2D eigenvalue weighted by atomic mass is 16.5. The van der Waals surface area contributed by atoms with Crippen molar-refractivity contribution in [3.63, 3.8) is 0 Å². The SMILES string of the molecule is C/C=C1/CN2[C@H]3C[C@@H]1[C@@H](CO)[C@@H]2Cc1c3n(C)c2cc(C[C@@H](C(C)=O)[C@@H]3C[C@H]4c5c(c6ccccc6n5C)C[C@@H]([C@@H]3CO)N4C)c(OC)cc12. The smallest absolute Gasteiger partial charge is 0.133 e. The molecule has 264 valence electrons. The maximum atomic E-state index is 13.8. The summed E-state index contributed by atoms with van der Waals surface area (Å²) in [6.07, 6.45) is 6.57. The highest BCUT2D eigenvalue weighted by molar-refractivity contribution is 5.89. The summed E-state index contributed by atoms with van der Waals surface area (Å²) in [5.74, 6) is 1.56. The van der Waals surface area contributed by atoms with Crippen molar-refractivity contribution in [1.29, 1.82) is 0 Å². The molecule has 2 N–H and O–H groups in total. The van der Waals surface area contributed by atoms with Crippen LogP contribution in [0.25, 0.3) is 21.8 Å². The summed E-state index contributed by atoms with van der Waals surface area (Å²) in [6.45, 7) is 5.19. The number of carbonyl (C=O) groups excluding carboxylic acids is 1. The largest absolute Gasteiger partial charge is 0.496 e. The van der Waals surface area contributed by atoms with E-state index in [2.05, 4.69) is 89.5 Å². The summed E-state index contributed by atoms with van der Waals surface area (Å²) in [5, 5.41) is 24.1. The van der Waals surface area contributed by atoms with Gasteiger partial charge in [-0.1, -0.05) is 29.8 Å². The molecule has 0 spiro atoms. The topological polar surface area (TPSA) is 83.1 Å². The van der Waals surface area contributed by atoms with Crippen LogP contribution in [0.2, 0.25) is 0 Å². The number of para-hydroxylation sites is 1. The number of Topliss-reactive ketones (excluding diaryl/α,β-unsaturated/α-hetero) is 1. The number of aliphatic hydroxyl groups excluding tert-OH is 2. The average molecular weight is 677 g/mol. The number of fused-ring (bicyclic) bond motifs is 10. The van der Waals surface area contributed by atoms with Gasteiger partial charge >= 0.3 is 0 Å². The van der Waals surface area contributed by atoms with Gasteiger partial charge in [0.15, 0.2) is 0 Å². The number of rotatable bonds is 7. The molecule has 2 aromatic heterocycles. The molecule has 0 amide bonds. The molecule has 2 aromatic carbocycles. The molecule has 10 rings (SSSR count). The fraction of sp³-hybridized carbons (Fsp3) is 0.548. The number of nitrogens with zero attached hydrogens (tertiary/aromatic N) is 4. The van der Waals surface area contributed by atoms with E-state index in [0.29, 0.717) is 24.4 Å². The molecule has 50 heavy (non-hydrogen) atoms. The number of aryl methyl sites for hydroxylation is 2. The third-order valence-electron chi connectivity index (χ3n) is 14.5. The Morgan fingerprint density at radius 2 is 1.62 bits per heavy atom. The summed E-state index contributed by atoms with van der Waals surface area (Å²) in [7, 11) is 8.36. The van der Waals surface area contributed by atoms with Crippen LogP contribution in [0.15, 0.2) is 48.0 Å². The van der Waals surface area contributed by atoms with Crippen molar-refractivity contribution in [2.45, 2.75) is 70.1 Å². The summed E-state index contributed by atoms with van der Waals surface area (Å²) < 4.78 is 10.9. The van der Waals surface area contributed by atoms with Crippen LogP contribution in [-0.4, -0.2) is 80.9 Å². The number of likely N-dealkylation sites (N-methyl/N-ethyl adjacent to an activating group) is 1. The van der Waals surface area contributed by atoms with Gasteiger partial charge in [-0.3, -0.25) is 14.6 Å². The zero-order valence-electron chi connectivity index (χ0n) is 30.4. The van der Waals surface area contributed by atoms with Gasteiger partial charge in [-0.15, -0.1) is 0 Å². The predicted molar refractivity (Wildman–Crippen MR) is 196 cm³/mol. The second kappa shape index (κ2) is 11.8. The number of benzene rings is 2. The molecule has 8 heteroatoms. The Morgan fingerprint density at radius 3 is 2.34 bits per heavy atom. The van der Waals surface area contributed by atoms with Gasteiger partial charge in [0.1, 0.15) is 11.5 Å². The standard InChI is InChI=1S/C42H52N4O4/c1-7-23-19-46-37-17-31-29-18-40(50-6)24(13-35(29)45(5)42(31)39(46)14-27(23)32(37)20-47)12-26(22(2)49)28-15-38-41-30(16-36(43(38)3)33(28)21-48)25-10-8-9-11-34(25)44(41)4/h7-11,13,18,26-28,32-33,36-39,47-48H,12,14-17,19-21H2,1-6H3/b23-7-/t26-,27-,28-,32+,33+,36-,37-,38-,39-/m0/s1. The molecule has 1 unspecified atom stereocenters. The van der Waals surface area contributed by atoms with E-state index in [4.69, 9.17) is 4.74 Å². The molecule has 10 atom stereocenters. The second-order valence-corrected chi connectivity index (χ2v) is 16.2. The Bertz CT molecular complexity index is 2060. The lowest BCUT2D eigenvalue weighted by molar-refractivity contribution is -0.126. The minimum Gasteiger partial charge on any atom is -0.496 e. The highest BCUT2D eigenvalue weighted by Gasteiger charge is 2.53. The number of methoxy groups -OCH3 is 1. The Kier molecular flexibility index (Phi) is 7.67. The quantitative estimate of drug-likeness (QED) is 0.252. The van der Waals surface area contributed by atoms with E-state index >= 15 is 0 Å². The van der Waals surface area contributed by atoms with E-state index in [9.17, 15) is 15.0 Å². The van der Waals surface area contributed by atoms with E-state index in [1.54, 1.807) is 14.0 Å². The molecule has 8 heterocycles. The van der Waals surface area contributed by atoms with Gasteiger partial charge in [0.2, 0.25) is 0 Å². The number of ether oxygens (including phenoxy) is 1. The van der Waals surface area contributed by atoms with E-state index < -0.39 is 0 Å². The van der Waals surface area contributed by atoms with Crippen LogP contribution < -0.4 is 4.74 Å². The van der Waals surface area contributed by atoms with Crippen LogP contribution in [0.5, 0.6) is 5.75 Å². The lowest BCUT2D eigenvalue weighted by Gasteiger charge is -2.58. The molecule has 4 saturated heterocycles. The Labute approximate surface area is 295 Å². The molecule has 6 aliphatic heterocycles. The molecule has 0 radical (unpaired) electrons. The lowest BCUT2D eigenvalue weighted by atomic mass is 9.64. The first-order chi connectivity index (χ1) is 24.2. The fourth-order valence-corrected chi connectivity index (χ4v) is 12.1.